The molecule has 0 heterocycles. The lowest BCUT2D eigenvalue weighted by atomic mass is 9.98. The third-order valence-corrected chi connectivity index (χ3v) is 3.12. The topological polar surface area (TPSA) is 12.0 Å². The van der Waals surface area contributed by atoms with Crippen molar-refractivity contribution in [3.63, 3.8) is 0 Å². The lowest BCUT2D eigenvalue weighted by molar-refractivity contribution is 0.391. The molecular weight excluding hydrogens is 201 g/mol. The molecule has 0 aliphatic rings. The molecule has 1 aromatic carbocycles. The third kappa shape index (κ3) is 3.93. The van der Waals surface area contributed by atoms with Crippen LogP contribution >= 0.6 is 0 Å². The fraction of sp³-hybridized carbons (Fsp3) is 0.571. The summed E-state index contributed by atoms with van der Waals surface area (Å²) in [6, 6.07) is 5.25. The van der Waals surface area contributed by atoms with E-state index < -0.39 is 0 Å². The monoisotopic (exact) mass is 223 g/mol. The molecule has 0 amide bonds. The summed E-state index contributed by atoms with van der Waals surface area (Å²) in [4.78, 5) is 0. The molecule has 0 spiro atoms. The van der Waals surface area contributed by atoms with Gasteiger partial charge in [0.05, 0.1) is 0 Å². The zero-order valence-electron chi connectivity index (χ0n) is 10.7. The first-order valence-corrected chi connectivity index (χ1v) is 5.96. The maximum absolute atomic E-state index is 13.4. The standard InChI is InChI=1S/C14H22FN/c1-10(2)12(4)8-16-9-13-7-11(3)5-6-14(13)15/h5-7,10,12,16H,8-9H2,1-4H3. The van der Waals surface area contributed by atoms with E-state index in [-0.39, 0.29) is 5.82 Å². The number of nitrogens with one attached hydrogen (secondary N) is 1. The molecule has 0 radical (unpaired) electrons. The van der Waals surface area contributed by atoms with Gasteiger partial charge in [-0.15, -0.1) is 0 Å². The van der Waals surface area contributed by atoms with Crippen molar-refractivity contribution in [3.05, 3.63) is 35.1 Å². The highest BCUT2D eigenvalue weighted by molar-refractivity contribution is 5.23. The van der Waals surface area contributed by atoms with E-state index >= 15 is 0 Å². The van der Waals surface area contributed by atoms with Crippen LogP contribution in [0.4, 0.5) is 4.39 Å². The van der Waals surface area contributed by atoms with Gasteiger partial charge < -0.3 is 5.32 Å². The van der Waals surface area contributed by atoms with Crippen molar-refractivity contribution in [2.75, 3.05) is 6.54 Å². The van der Waals surface area contributed by atoms with E-state index in [2.05, 4.69) is 26.1 Å². The molecule has 0 aliphatic heterocycles. The number of hydrogen-bond acceptors (Lipinski definition) is 1. The Kier molecular flexibility index (Phi) is 4.94. The molecule has 1 N–H and O–H groups in total. The van der Waals surface area contributed by atoms with E-state index in [1.54, 1.807) is 6.07 Å². The molecule has 1 unspecified atom stereocenters. The van der Waals surface area contributed by atoms with Crippen LogP contribution in [0.3, 0.4) is 0 Å². The van der Waals surface area contributed by atoms with Gasteiger partial charge in [-0.3, -0.25) is 0 Å². The van der Waals surface area contributed by atoms with Crippen molar-refractivity contribution in [1.82, 2.24) is 5.32 Å². The van der Waals surface area contributed by atoms with Crippen molar-refractivity contribution in [1.29, 1.82) is 0 Å². The Morgan fingerprint density at radius 2 is 1.94 bits per heavy atom. The molecule has 0 bridgehead atoms. The van der Waals surface area contributed by atoms with Gasteiger partial charge in [0.1, 0.15) is 5.82 Å². The Morgan fingerprint density at radius 3 is 2.56 bits per heavy atom. The molecule has 1 nitrogen and oxygen atoms in total. The minimum Gasteiger partial charge on any atom is -0.312 e. The molecular formula is C14H22FN. The van der Waals surface area contributed by atoms with Crippen molar-refractivity contribution < 1.29 is 4.39 Å². The Labute approximate surface area is 98.1 Å². The van der Waals surface area contributed by atoms with Crippen molar-refractivity contribution in [2.45, 2.75) is 34.2 Å². The molecule has 16 heavy (non-hydrogen) atoms. The second-order valence-corrected chi connectivity index (χ2v) is 4.95. The predicted molar refractivity (Wildman–Crippen MR) is 66.8 cm³/mol. The fourth-order valence-corrected chi connectivity index (χ4v) is 1.51. The molecule has 2 heteroatoms. The number of halogens is 1. The van der Waals surface area contributed by atoms with Gasteiger partial charge >= 0.3 is 0 Å². The third-order valence-electron chi connectivity index (χ3n) is 3.12. The highest BCUT2D eigenvalue weighted by Crippen LogP contribution is 2.11. The summed E-state index contributed by atoms with van der Waals surface area (Å²) in [6.07, 6.45) is 0. The van der Waals surface area contributed by atoms with Crippen LogP contribution in [0.25, 0.3) is 0 Å². The van der Waals surface area contributed by atoms with Crippen molar-refractivity contribution >= 4 is 0 Å². The van der Waals surface area contributed by atoms with Crippen LogP contribution in [0.1, 0.15) is 31.9 Å². The van der Waals surface area contributed by atoms with E-state index in [4.69, 9.17) is 0 Å². The summed E-state index contributed by atoms with van der Waals surface area (Å²) in [6.45, 7) is 10.2. The van der Waals surface area contributed by atoms with Crippen LogP contribution in [0, 0.1) is 24.6 Å². The Bertz CT molecular complexity index is 334. The summed E-state index contributed by atoms with van der Waals surface area (Å²) >= 11 is 0. The predicted octanol–water partition coefficient (Wildman–Crippen LogP) is 3.52. The molecule has 0 saturated carbocycles. The summed E-state index contributed by atoms with van der Waals surface area (Å²) < 4.78 is 13.4. The number of benzene rings is 1. The lowest BCUT2D eigenvalue weighted by Crippen LogP contribution is -2.24. The Balaban J connectivity index is 2.45. The van der Waals surface area contributed by atoms with Crippen molar-refractivity contribution in [2.24, 2.45) is 11.8 Å². The molecule has 1 rings (SSSR count). The summed E-state index contributed by atoms with van der Waals surface area (Å²) in [5, 5.41) is 3.31. The SMILES string of the molecule is Cc1ccc(F)c(CNCC(C)C(C)C)c1. The maximum atomic E-state index is 13.4. The molecule has 0 fully saturated rings. The van der Waals surface area contributed by atoms with Crippen LogP contribution in [-0.2, 0) is 6.54 Å². The van der Waals surface area contributed by atoms with Gasteiger partial charge in [-0.1, -0.05) is 38.5 Å². The van der Waals surface area contributed by atoms with E-state index in [9.17, 15) is 4.39 Å². The molecule has 0 aliphatic carbocycles. The summed E-state index contributed by atoms with van der Waals surface area (Å²) in [5.41, 5.74) is 1.87. The zero-order valence-corrected chi connectivity index (χ0v) is 10.7. The van der Waals surface area contributed by atoms with Crippen LogP contribution in [-0.4, -0.2) is 6.54 Å². The fourth-order valence-electron chi connectivity index (χ4n) is 1.51. The van der Waals surface area contributed by atoms with Crippen LogP contribution < -0.4 is 5.32 Å². The van der Waals surface area contributed by atoms with Gasteiger partial charge in [-0.2, -0.15) is 0 Å². The minimum atomic E-state index is -0.115. The van der Waals surface area contributed by atoms with Crippen molar-refractivity contribution in [3.8, 4) is 0 Å². The van der Waals surface area contributed by atoms with E-state index in [1.165, 1.54) is 6.07 Å². The lowest BCUT2D eigenvalue weighted by Gasteiger charge is -2.16. The zero-order chi connectivity index (χ0) is 12.1. The van der Waals surface area contributed by atoms with E-state index in [1.807, 2.05) is 13.0 Å². The van der Waals surface area contributed by atoms with Crippen LogP contribution in [0.15, 0.2) is 18.2 Å². The van der Waals surface area contributed by atoms with Gasteiger partial charge in [0.25, 0.3) is 0 Å². The number of rotatable bonds is 5. The average Bonchev–Trinajstić information content (AvgIpc) is 2.22. The first kappa shape index (κ1) is 13.2. The smallest absolute Gasteiger partial charge is 0.127 e. The number of aryl methyl sites for hydroxylation is 1. The Hall–Kier alpha value is -0.890. The quantitative estimate of drug-likeness (QED) is 0.805. The highest BCUT2D eigenvalue weighted by atomic mass is 19.1. The minimum absolute atomic E-state index is 0.115. The van der Waals surface area contributed by atoms with E-state index in [0.717, 1.165) is 17.7 Å². The second kappa shape index (κ2) is 6.00. The molecule has 1 atom stereocenters. The number of hydrogen-bond donors (Lipinski definition) is 1. The van der Waals surface area contributed by atoms with Gasteiger partial charge in [-0.05, 0) is 31.4 Å². The maximum Gasteiger partial charge on any atom is 0.127 e. The normalized spacial score (nSPS) is 13.1. The average molecular weight is 223 g/mol. The van der Waals surface area contributed by atoms with Gasteiger partial charge in [0.15, 0.2) is 0 Å². The van der Waals surface area contributed by atoms with Gasteiger partial charge in [0, 0.05) is 12.1 Å². The summed E-state index contributed by atoms with van der Waals surface area (Å²) in [5.74, 6) is 1.16. The summed E-state index contributed by atoms with van der Waals surface area (Å²) in [7, 11) is 0. The van der Waals surface area contributed by atoms with Gasteiger partial charge in [-0.25, -0.2) is 4.39 Å². The molecule has 0 aromatic heterocycles. The highest BCUT2D eigenvalue weighted by Gasteiger charge is 2.07. The largest absolute Gasteiger partial charge is 0.312 e. The van der Waals surface area contributed by atoms with E-state index in [0.29, 0.717) is 18.4 Å². The molecule has 0 saturated heterocycles. The molecule has 1 aromatic rings. The Morgan fingerprint density at radius 1 is 1.25 bits per heavy atom. The first-order chi connectivity index (χ1) is 7.50. The first-order valence-electron chi connectivity index (χ1n) is 5.96. The molecule has 90 valence electrons. The van der Waals surface area contributed by atoms with Gasteiger partial charge in [0.2, 0.25) is 0 Å². The van der Waals surface area contributed by atoms with Crippen LogP contribution in [0.5, 0.6) is 0 Å². The van der Waals surface area contributed by atoms with Crippen LogP contribution in [0.2, 0.25) is 0 Å². The second-order valence-electron chi connectivity index (χ2n) is 4.95.